The Bertz CT molecular complexity index is 1190. The van der Waals surface area contributed by atoms with E-state index in [1.165, 1.54) is 0 Å². The van der Waals surface area contributed by atoms with E-state index in [-0.39, 0.29) is 11.9 Å². The Morgan fingerprint density at radius 2 is 1.84 bits per heavy atom. The summed E-state index contributed by atoms with van der Waals surface area (Å²) in [6.45, 7) is 2.64. The second kappa shape index (κ2) is 10.4. The maximum Gasteiger partial charge on any atom is 0.243 e. The lowest BCUT2D eigenvalue weighted by Gasteiger charge is -2.21. The number of imidazole rings is 1. The molecule has 0 bridgehead atoms. The quantitative estimate of drug-likeness (QED) is 0.375. The Kier molecular flexibility index (Phi) is 7.17. The maximum atomic E-state index is 13.3. The summed E-state index contributed by atoms with van der Waals surface area (Å²) >= 11 is 6.43. The number of hydrogen-bond acceptors (Lipinski definition) is 3. The third kappa shape index (κ3) is 5.00. The molecule has 1 unspecified atom stereocenters. The van der Waals surface area contributed by atoms with Crippen molar-refractivity contribution in [3.63, 3.8) is 0 Å². The number of carbonyl (C=O) groups excluding carboxylic acids is 1. The van der Waals surface area contributed by atoms with E-state index in [9.17, 15) is 4.79 Å². The number of nitrogens with one attached hydrogen (secondary N) is 1. The number of rotatable bonds is 9. The van der Waals surface area contributed by atoms with Crippen molar-refractivity contribution >= 4 is 28.5 Å². The molecular weight excluding hydrogens is 420 g/mol. The average Bonchev–Trinajstić information content (AvgIpc) is 3.17. The standard InChI is InChI=1S/C26H27ClN4O/c1-2-9-24(26(32)29-17-15-20-11-7-8-16-28-20)31-23-14-6-5-13-22(23)30-25(31)18-19-10-3-4-12-21(19)27/h3-8,10-14,16,24H,2,9,15,17-18H2,1H3,(H,29,32). The van der Waals surface area contributed by atoms with Crippen LogP contribution in [0, 0.1) is 0 Å². The molecule has 0 saturated heterocycles. The number of nitrogens with zero attached hydrogens (tertiary/aromatic N) is 3. The molecule has 4 rings (SSSR count). The number of benzene rings is 2. The smallest absolute Gasteiger partial charge is 0.243 e. The van der Waals surface area contributed by atoms with E-state index >= 15 is 0 Å². The van der Waals surface area contributed by atoms with Gasteiger partial charge in [0.1, 0.15) is 11.9 Å². The number of amides is 1. The highest BCUT2D eigenvalue weighted by molar-refractivity contribution is 6.31. The number of hydrogen-bond donors (Lipinski definition) is 1. The van der Waals surface area contributed by atoms with Gasteiger partial charge >= 0.3 is 0 Å². The Morgan fingerprint density at radius 1 is 1.06 bits per heavy atom. The second-order valence-electron chi connectivity index (χ2n) is 7.82. The van der Waals surface area contributed by atoms with Crippen molar-refractivity contribution in [2.75, 3.05) is 6.54 Å². The van der Waals surface area contributed by atoms with Crippen LogP contribution in [0.3, 0.4) is 0 Å². The molecule has 0 radical (unpaired) electrons. The van der Waals surface area contributed by atoms with Gasteiger partial charge in [-0.1, -0.05) is 61.3 Å². The minimum absolute atomic E-state index is 0.00587. The third-order valence-corrected chi connectivity index (χ3v) is 5.93. The zero-order valence-electron chi connectivity index (χ0n) is 18.2. The lowest BCUT2D eigenvalue weighted by Crippen LogP contribution is -2.34. The highest BCUT2D eigenvalue weighted by Crippen LogP contribution is 2.27. The maximum absolute atomic E-state index is 13.3. The van der Waals surface area contributed by atoms with Gasteiger partial charge in [0, 0.05) is 36.3 Å². The van der Waals surface area contributed by atoms with Gasteiger partial charge in [-0.3, -0.25) is 9.78 Å². The summed E-state index contributed by atoms with van der Waals surface area (Å²) in [6.07, 6.45) is 4.65. The summed E-state index contributed by atoms with van der Waals surface area (Å²) in [5.41, 5.74) is 3.81. The first kappa shape index (κ1) is 22.0. The van der Waals surface area contributed by atoms with Crippen molar-refractivity contribution < 1.29 is 4.79 Å². The van der Waals surface area contributed by atoms with Crippen LogP contribution in [0.15, 0.2) is 72.9 Å². The molecule has 2 aromatic carbocycles. The highest BCUT2D eigenvalue weighted by Gasteiger charge is 2.25. The van der Waals surface area contributed by atoms with Crippen molar-refractivity contribution in [2.24, 2.45) is 0 Å². The molecule has 0 aliphatic rings. The second-order valence-corrected chi connectivity index (χ2v) is 8.23. The van der Waals surface area contributed by atoms with Crippen LogP contribution in [0.25, 0.3) is 11.0 Å². The van der Waals surface area contributed by atoms with Gasteiger partial charge in [-0.2, -0.15) is 0 Å². The first-order valence-corrected chi connectivity index (χ1v) is 11.4. The van der Waals surface area contributed by atoms with Crippen LogP contribution < -0.4 is 5.32 Å². The number of aromatic nitrogens is 3. The molecule has 6 heteroatoms. The highest BCUT2D eigenvalue weighted by atomic mass is 35.5. The minimum Gasteiger partial charge on any atom is -0.354 e. The molecule has 32 heavy (non-hydrogen) atoms. The van der Waals surface area contributed by atoms with E-state index in [0.717, 1.165) is 41.0 Å². The third-order valence-electron chi connectivity index (χ3n) is 5.56. The predicted octanol–water partition coefficient (Wildman–Crippen LogP) is 5.38. The largest absolute Gasteiger partial charge is 0.354 e. The molecule has 1 amide bonds. The fourth-order valence-corrected chi connectivity index (χ4v) is 4.21. The predicted molar refractivity (Wildman–Crippen MR) is 129 cm³/mol. The Balaban J connectivity index is 1.63. The van der Waals surface area contributed by atoms with Gasteiger partial charge in [0.25, 0.3) is 0 Å². The molecule has 0 spiro atoms. The van der Waals surface area contributed by atoms with Crippen molar-refractivity contribution in [1.29, 1.82) is 0 Å². The van der Waals surface area contributed by atoms with Crippen molar-refractivity contribution in [3.05, 3.63) is 95.0 Å². The van der Waals surface area contributed by atoms with Gasteiger partial charge in [-0.15, -0.1) is 0 Å². The Morgan fingerprint density at radius 3 is 2.62 bits per heavy atom. The van der Waals surface area contributed by atoms with E-state index in [1.807, 2.05) is 66.7 Å². The lowest BCUT2D eigenvalue weighted by atomic mass is 10.1. The molecule has 5 nitrogen and oxygen atoms in total. The summed E-state index contributed by atoms with van der Waals surface area (Å²) < 4.78 is 2.10. The Hall–Kier alpha value is -3.18. The number of para-hydroxylation sites is 2. The number of pyridine rings is 1. The van der Waals surface area contributed by atoms with E-state index in [0.29, 0.717) is 24.4 Å². The van der Waals surface area contributed by atoms with Gasteiger partial charge in [0.2, 0.25) is 5.91 Å². The van der Waals surface area contributed by atoms with Crippen LogP contribution in [0.1, 0.15) is 42.9 Å². The molecule has 0 fully saturated rings. The van der Waals surface area contributed by atoms with Crippen LogP contribution in [-0.2, 0) is 17.6 Å². The normalized spacial score (nSPS) is 12.1. The monoisotopic (exact) mass is 446 g/mol. The molecular formula is C26H27ClN4O. The van der Waals surface area contributed by atoms with Gasteiger partial charge in [0.05, 0.1) is 11.0 Å². The summed E-state index contributed by atoms with van der Waals surface area (Å²) in [5, 5.41) is 3.82. The first-order valence-electron chi connectivity index (χ1n) is 11.0. The first-order chi connectivity index (χ1) is 15.7. The average molecular weight is 447 g/mol. The van der Waals surface area contributed by atoms with Crippen molar-refractivity contribution in [3.8, 4) is 0 Å². The zero-order chi connectivity index (χ0) is 22.3. The molecule has 2 aromatic heterocycles. The van der Waals surface area contributed by atoms with Crippen LogP contribution in [-0.4, -0.2) is 27.0 Å². The molecule has 1 N–H and O–H groups in total. The summed E-state index contributed by atoms with van der Waals surface area (Å²) in [4.78, 5) is 22.5. The molecule has 2 heterocycles. The van der Waals surface area contributed by atoms with Gasteiger partial charge < -0.3 is 9.88 Å². The van der Waals surface area contributed by atoms with Gasteiger partial charge in [-0.25, -0.2) is 4.98 Å². The zero-order valence-corrected chi connectivity index (χ0v) is 18.9. The van der Waals surface area contributed by atoms with E-state index < -0.39 is 0 Å². The topological polar surface area (TPSA) is 59.8 Å². The number of carbonyl (C=O) groups is 1. The van der Waals surface area contributed by atoms with E-state index in [4.69, 9.17) is 16.6 Å². The van der Waals surface area contributed by atoms with Crippen LogP contribution >= 0.6 is 11.6 Å². The van der Waals surface area contributed by atoms with Crippen molar-refractivity contribution in [2.45, 2.75) is 38.6 Å². The molecule has 1 atom stereocenters. The molecule has 4 aromatic rings. The van der Waals surface area contributed by atoms with E-state index in [1.54, 1.807) is 6.20 Å². The van der Waals surface area contributed by atoms with Gasteiger partial charge in [-0.05, 0) is 42.3 Å². The van der Waals surface area contributed by atoms with Crippen LogP contribution in [0.4, 0.5) is 0 Å². The molecule has 0 saturated carbocycles. The lowest BCUT2D eigenvalue weighted by molar-refractivity contribution is -0.124. The number of halogens is 1. The molecule has 0 aliphatic heterocycles. The minimum atomic E-state index is -0.339. The molecule has 164 valence electrons. The Labute approximate surface area is 193 Å². The van der Waals surface area contributed by atoms with E-state index in [2.05, 4.69) is 21.8 Å². The number of fused-ring (bicyclic) bond motifs is 1. The van der Waals surface area contributed by atoms with Crippen LogP contribution in [0.2, 0.25) is 5.02 Å². The summed E-state index contributed by atoms with van der Waals surface area (Å²) in [5.74, 6) is 0.851. The fraction of sp³-hybridized carbons (Fsp3) is 0.269. The van der Waals surface area contributed by atoms with Crippen molar-refractivity contribution in [1.82, 2.24) is 19.9 Å². The van der Waals surface area contributed by atoms with Crippen LogP contribution in [0.5, 0.6) is 0 Å². The summed E-state index contributed by atoms with van der Waals surface area (Å²) in [7, 11) is 0. The van der Waals surface area contributed by atoms with Gasteiger partial charge in [0.15, 0.2) is 0 Å². The fourth-order valence-electron chi connectivity index (χ4n) is 4.01. The SMILES string of the molecule is CCCC(C(=O)NCCc1ccccn1)n1c(Cc2ccccc2Cl)nc2ccccc21. The molecule has 0 aliphatic carbocycles. The summed E-state index contributed by atoms with van der Waals surface area (Å²) in [6, 6.07) is 21.3.